The lowest BCUT2D eigenvalue weighted by Crippen LogP contribution is -1.97. The summed E-state index contributed by atoms with van der Waals surface area (Å²) in [6.45, 7) is 0. The van der Waals surface area contributed by atoms with E-state index in [1.807, 2.05) is 60.7 Å². The van der Waals surface area contributed by atoms with Gasteiger partial charge >= 0.3 is 0 Å². The number of hydrogen-bond acceptors (Lipinski definition) is 1. The lowest BCUT2D eigenvalue weighted by atomic mass is 10.1. The molecule has 4 rings (SSSR count). The molecule has 0 fully saturated rings. The van der Waals surface area contributed by atoms with Crippen molar-refractivity contribution in [1.29, 1.82) is 0 Å². The highest BCUT2D eigenvalue weighted by molar-refractivity contribution is 5.82. The Morgan fingerprint density at radius 2 is 1.54 bits per heavy atom. The maximum absolute atomic E-state index is 5.53. The zero-order valence-electron chi connectivity index (χ0n) is 14.2. The molecule has 0 bridgehead atoms. The third-order valence-electron chi connectivity index (χ3n) is 4.17. The quantitative estimate of drug-likeness (QED) is 0.491. The molecule has 0 N–H and O–H groups in total. The van der Waals surface area contributed by atoms with Gasteiger partial charge in [0, 0.05) is 17.7 Å². The molecule has 0 spiro atoms. The first-order valence-corrected chi connectivity index (χ1v) is 8.43. The third-order valence-corrected chi connectivity index (χ3v) is 4.17. The lowest BCUT2D eigenvalue weighted by molar-refractivity contribution is 1.06. The largest absolute Gasteiger partial charge is 0.286 e. The summed E-state index contributed by atoms with van der Waals surface area (Å²) in [5.74, 6) is 9.87. The topological polar surface area (TPSA) is 17.8 Å². The average molecular weight is 332 g/mol. The van der Waals surface area contributed by atoms with E-state index in [0.29, 0.717) is 12.2 Å². The highest BCUT2D eigenvalue weighted by atomic mass is 15.1. The summed E-state index contributed by atoms with van der Waals surface area (Å²) in [6.07, 6.45) is 6.08. The number of aromatic nitrogens is 2. The Balaban J connectivity index is 1.95. The zero-order chi connectivity index (χ0) is 17.8. The Kier molecular flexibility index (Phi) is 4.25. The van der Waals surface area contributed by atoms with Crippen molar-refractivity contribution in [3.05, 3.63) is 95.8 Å². The van der Waals surface area contributed by atoms with Crippen LogP contribution in [0.25, 0.3) is 16.7 Å². The van der Waals surface area contributed by atoms with Gasteiger partial charge in [-0.2, -0.15) is 0 Å². The minimum atomic E-state index is 0.550. The monoisotopic (exact) mass is 332 g/mol. The van der Waals surface area contributed by atoms with Crippen LogP contribution in [-0.4, -0.2) is 9.55 Å². The average Bonchev–Trinajstić information content (AvgIpc) is 3.07. The molecule has 0 aliphatic carbocycles. The molecular formula is C24H16N2. The summed E-state index contributed by atoms with van der Waals surface area (Å²) in [5, 5.41) is 0. The number of nitrogens with zero attached hydrogens (tertiary/aromatic N) is 2. The summed E-state index contributed by atoms with van der Waals surface area (Å²) in [6, 6.07) is 26.2. The van der Waals surface area contributed by atoms with E-state index in [1.165, 1.54) is 0 Å². The molecule has 2 nitrogen and oxygen atoms in total. The smallest absolute Gasteiger partial charge is 0.191 e. The van der Waals surface area contributed by atoms with Gasteiger partial charge in [0.05, 0.1) is 11.0 Å². The van der Waals surface area contributed by atoms with Crippen LogP contribution in [0.1, 0.15) is 17.0 Å². The Morgan fingerprint density at radius 3 is 2.27 bits per heavy atom. The van der Waals surface area contributed by atoms with Crippen LogP contribution >= 0.6 is 0 Å². The van der Waals surface area contributed by atoms with Gasteiger partial charge in [-0.05, 0) is 41.8 Å². The molecule has 3 aromatic carbocycles. The predicted octanol–water partition coefficient (Wildman–Crippen LogP) is 4.60. The van der Waals surface area contributed by atoms with Gasteiger partial charge in [-0.25, -0.2) is 4.98 Å². The van der Waals surface area contributed by atoms with E-state index in [0.717, 1.165) is 27.8 Å². The van der Waals surface area contributed by atoms with E-state index in [2.05, 4.69) is 40.5 Å². The van der Waals surface area contributed by atoms with Gasteiger partial charge in [0.15, 0.2) is 5.82 Å². The Labute approximate surface area is 153 Å². The van der Waals surface area contributed by atoms with Gasteiger partial charge in [-0.15, -0.1) is 12.3 Å². The molecule has 0 radical (unpaired) electrons. The van der Waals surface area contributed by atoms with E-state index in [9.17, 15) is 0 Å². The van der Waals surface area contributed by atoms with Crippen LogP contribution < -0.4 is 0 Å². The fraction of sp³-hybridized carbons (Fsp3) is 0.0417. The van der Waals surface area contributed by atoms with Crippen LogP contribution in [0, 0.1) is 24.2 Å². The van der Waals surface area contributed by atoms with Gasteiger partial charge in [-0.1, -0.05) is 54.5 Å². The molecular weight excluding hydrogens is 316 g/mol. The Bertz CT molecular complexity index is 1150. The van der Waals surface area contributed by atoms with Crippen molar-refractivity contribution < 1.29 is 0 Å². The number of para-hydroxylation sites is 2. The fourth-order valence-electron chi connectivity index (χ4n) is 2.98. The van der Waals surface area contributed by atoms with E-state index in [-0.39, 0.29) is 0 Å². The van der Waals surface area contributed by atoms with E-state index >= 15 is 0 Å². The number of hydrogen-bond donors (Lipinski definition) is 0. The van der Waals surface area contributed by atoms with Gasteiger partial charge in [-0.3, -0.25) is 4.57 Å². The van der Waals surface area contributed by atoms with Crippen molar-refractivity contribution >= 4 is 11.0 Å². The van der Waals surface area contributed by atoms with Gasteiger partial charge in [0.2, 0.25) is 0 Å². The molecule has 1 aromatic heterocycles. The summed E-state index contributed by atoms with van der Waals surface area (Å²) in [7, 11) is 0. The maximum Gasteiger partial charge on any atom is 0.191 e. The highest BCUT2D eigenvalue weighted by Gasteiger charge is 2.13. The highest BCUT2D eigenvalue weighted by Crippen LogP contribution is 2.24. The minimum Gasteiger partial charge on any atom is -0.286 e. The van der Waals surface area contributed by atoms with E-state index in [1.54, 1.807) is 0 Å². The van der Waals surface area contributed by atoms with Crippen LogP contribution in [-0.2, 0) is 6.42 Å². The van der Waals surface area contributed by atoms with Crippen molar-refractivity contribution in [2.24, 2.45) is 0 Å². The summed E-state index contributed by atoms with van der Waals surface area (Å²) >= 11 is 0. The van der Waals surface area contributed by atoms with E-state index < -0.39 is 0 Å². The van der Waals surface area contributed by atoms with Crippen molar-refractivity contribution in [3.8, 4) is 29.9 Å². The SMILES string of the molecule is C#CCc1cccc2c1nc(C#Cc1ccccc1)n2-c1ccccc1. The molecule has 0 saturated carbocycles. The summed E-state index contributed by atoms with van der Waals surface area (Å²) in [4.78, 5) is 4.82. The molecule has 2 heteroatoms. The van der Waals surface area contributed by atoms with E-state index in [4.69, 9.17) is 11.4 Å². The number of imidazole rings is 1. The second-order valence-corrected chi connectivity index (χ2v) is 5.89. The van der Waals surface area contributed by atoms with Gasteiger partial charge in [0.25, 0.3) is 0 Å². The number of rotatable bonds is 2. The molecule has 122 valence electrons. The molecule has 1 heterocycles. The molecule has 0 amide bonds. The standard InChI is InChI=1S/C24H16N2/c1-2-10-20-13-9-16-22-24(20)25-23(18-17-19-11-5-3-6-12-19)26(22)21-14-7-4-8-15-21/h1,3-9,11-16H,10H2. The molecule has 4 aromatic rings. The van der Waals surface area contributed by atoms with Crippen molar-refractivity contribution in [2.75, 3.05) is 0 Å². The van der Waals surface area contributed by atoms with Crippen LogP contribution in [0.5, 0.6) is 0 Å². The second-order valence-electron chi connectivity index (χ2n) is 5.89. The van der Waals surface area contributed by atoms with Crippen LogP contribution in [0.3, 0.4) is 0 Å². The minimum absolute atomic E-state index is 0.550. The molecule has 0 atom stereocenters. The Morgan fingerprint density at radius 1 is 0.808 bits per heavy atom. The number of terminal acetylenes is 1. The first-order valence-electron chi connectivity index (χ1n) is 8.43. The summed E-state index contributed by atoms with van der Waals surface area (Å²) in [5.41, 5.74) is 4.96. The van der Waals surface area contributed by atoms with Crippen molar-refractivity contribution in [3.63, 3.8) is 0 Å². The predicted molar refractivity (Wildman–Crippen MR) is 106 cm³/mol. The molecule has 0 aliphatic rings. The normalized spacial score (nSPS) is 10.1. The number of fused-ring (bicyclic) bond motifs is 1. The lowest BCUT2D eigenvalue weighted by Gasteiger charge is -2.06. The van der Waals surface area contributed by atoms with Crippen LogP contribution in [0.4, 0.5) is 0 Å². The van der Waals surface area contributed by atoms with Crippen molar-refractivity contribution in [2.45, 2.75) is 6.42 Å². The van der Waals surface area contributed by atoms with Crippen molar-refractivity contribution in [1.82, 2.24) is 9.55 Å². The van der Waals surface area contributed by atoms with Crippen LogP contribution in [0.2, 0.25) is 0 Å². The summed E-state index contributed by atoms with van der Waals surface area (Å²) < 4.78 is 2.09. The molecule has 0 unspecified atom stereocenters. The van der Waals surface area contributed by atoms with Gasteiger partial charge in [0.1, 0.15) is 0 Å². The molecule has 26 heavy (non-hydrogen) atoms. The van der Waals surface area contributed by atoms with Crippen LogP contribution in [0.15, 0.2) is 78.9 Å². The Hall–Kier alpha value is -3.75. The maximum atomic E-state index is 5.53. The second kappa shape index (κ2) is 7.01. The molecule has 0 saturated heterocycles. The first-order chi connectivity index (χ1) is 12.9. The van der Waals surface area contributed by atoms with Gasteiger partial charge < -0.3 is 0 Å². The first kappa shape index (κ1) is 15.8. The zero-order valence-corrected chi connectivity index (χ0v) is 14.2. The fourth-order valence-corrected chi connectivity index (χ4v) is 2.98. The molecule has 0 aliphatic heterocycles. The number of benzene rings is 3. The third kappa shape index (κ3) is 2.97.